The lowest BCUT2D eigenvalue weighted by molar-refractivity contribution is 0.556. The van der Waals surface area contributed by atoms with Crippen LogP contribution in [0.1, 0.15) is 25.0 Å². The van der Waals surface area contributed by atoms with Crippen molar-refractivity contribution in [2.75, 3.05) is 18.1 Å². The molecule has 5 nitrogen and oxygen atoms in total. The Morgan fingerprint density at radius 3 is 2.54 bits per heavy atom. The maximum atomic E-state index is 11.9. The van der Waals surface area contributed by atoms with Crippen LogP contribution in [0.3, 0.4) is 0 Å². The van der Waals surface area contributed by atoms with Gasteiger partial charge in [-0.2, -0.15) is 0 Å². The molecule has 0 saturated carbocycles. The minimum atomic E-state index is -3.29. The lowest BCUT2D eigenvalue weighted by Crippen LogP contribution is -2.28. The van der Waals surface area contributed by atoms with Gasteiger partial charge in [-0.15, -0.1) is 0 Å². The highest BCUT2D eigenvalue weighted by Crippen LogP contribution is 2.27. The van der Waals surface area contributed by atoms with E-state index in [0.717, 1.165) is 0 Å². The highest BCUT2D eigenvalue weighted by Gasteiger charge is 2.21. The zero-order chi connectivity index (χ0) is 18.9. The van der Waals surface area contributed by atoms with E-state index in [1.54, 1.807) is 18.2 Å². The maximum absolute atomic E-state index is 11.9. The van der Waals surface area contributed by atoms with E-state index < -0.39 is 9.84 Å². The molecule has 136 valence electrons. The van der Waals surface area contributed by atoms with E-state index in [2.05, 4.69) is 60.3 Å². The Balaban J connectivity index is 1.93. The second-order valence-electron chi connectivity index (χ2n) is 7.28. The third kappa shape index (κ3) is 3.85. The van der Waals surface area contributed by atoms with E-state index >= 15 is 0 Å². The Morgan fingerprint density at radius 1 is 1.08 bits per heavy atom. The third-order valence-corrected chi connectivity index (χ3v) is 5.64. The Bertz CT molecular complexity index is 1060. The van der Waals surface area contributed by atoms with Crippen LogP contribution in [0.2, 0.25) is 0 Å². The molecule has 1 N–H and O–H groups in total. The van der Waals surface area contributed by atoms with Crippen molar-refractivity contribution in [3.05, 3.63) is 59.9 Å². The second-order valence-corrected chi connectivity index (χ2v) is 9.30. The largest absolute Gasteiger partial charge is 0.369 e. The molecule has 0 aliphatic heterocycles. The number of aromatic nitrogens is 2. The van der Waals surface area contributed by atoms with Gasteiger partial charge in [0.1, 0.15) is 12.1 Å². The normalized spacial score (nSPS) is 12.3. The van der Waals surface area contributed by atoms with E-state index in [9.17, 15) is 8.42 Å². The summed E-state index contributed by atoms with van der Waals surface area (Å²) in [6.07, 6.45) is 2.69. The predicted molar refractivity (Wildman–Crippen MR) is 105 cm³/mol. The van der Waals surface area contributed by atoms with Crippen LogP contribution in [-0.2, 0) is 15.3 Å². The van der Waals surface area contributed by atoms with Crippen LogP contribution in [0.4, 0.5) is 5.82 Å². The average Bonchev–Trinajstić information content (AvgIpc) is 2.58. The molecular formula is C20H23N3O2S. The molecule has 0 amide bonds. The summed E-state index contributed by atoms with van der Waals surface area (Å²) < 4.78 is 23.7. The summed E-state index contributed by atoms with van der Waals surface area (Å²) >= 11 is 0. The van der Waals surface area contributed by atoms with E-state index in [1.165, 1.54) is 23.7 Å². The van der Waals surface area contributed by atoms with E-state index in [1.807, 2.05) is 0 Å². The van der Waals surface area contributed by atoms with Gasteiger partial charge in [-0.3, -0.25) is 0 Å². The highest BCUT2D eigenvalue weighted by atomic mass is 32.2. The van der Waals surface area contributed by atoms with Crippen molar-refractivity contribution in [1.29, 1.82) is 0 Å². The Labute approximate surface area is 154 Å². The monoisotopic (exact) mass is 369 g/mol. The molecule has 0 atom stereocenters. The van der Waals surface area contributed by atoms with Crippen LogP contribution >= 0.6 is 0 Å². The molecule has 0 aliphatic rings. The van der Waals surface area contributed by atoms with Gasteiger partial charge in [0.25, 0.3) is 0 Å². The molecule has 3 rings (SSSR count). The first kappa shape index (κ1) is 18.3. The van der Waals surface area contributed by atoms with Crippen molar-refractivity contribution in [1.82, 2.24) is 9.97 Å². The molecule has 0 radical (unpaired) electrons. The Kier molecular flexibility index (Phi) is 4.71. The van der Waals surface area contributed by atoms with Crippen LogP contribution in [0.5, 0.6) is 0 Å². The lowest BCUT2D eigenvalue weighted by atomic mass is 9.84. The van der Waals surface area contributed by atoms with Gasteiger partial charge >= 0.3 is 0 Å². The first-order chi connectivity index (χ1) is 12.2. The van der Waals surface area contributed by atoms with Gasteiger partial charge in [0.05, 0.1) is 10.4 Å². The summed E-state index contributed by atoms with van der Waals surface area (Å²) in [6.45, 7) is 7.07. The number of nitrogens with one attached hydrogen (secondary N) is 1. The van der Waals surface area contributed by atoms with Crippen molar-refractivity contribution in [3.63, 3.8) is 0 Å². The first-order valence-corrected chi connectivity index (χ1v) is 10.3. The number of rotatable bonds is 5. The number of aryl methyl sites for hydroxylation is 1. The second kappa shape index (κ2) is 6.68. The van der Waals surface area contributed by atoms with E-state index in [-0.39, 0.29) is 10.3 Å². The minimum absolute atomic E-state index is 0.113. The molecule has 3 aromatic rings. The molecule has 0 saturated heterocycles. The standard InChI is InChI=1S/C20H23N3O2S/c1-14-6-5-7-15(10-14)20(2,3)12-21-19-17-11-16(26(4,24)25)8-9-18(17)22-13-23-19/h5-11,13H,12H2,1-4H3,(H,21,22,23). The quantitative estimate of drug-likeness (QED) is 0.742. The zero-order valence-corrected chi connectivity index (χ0v) is 16.3. The summed E-state index contributed by atoms with van der Waals surface area (Å²) in [5.41, 5.74) is 3.06. The van der Waals surface area contributed by atoms with Gasteiger partial charge in [0.2, 0.25) is 0 Å². The number of sulfone groups is 1. The van der Waals surface area contributed by atoms with Crippen molar-refractivity contribution in [3.8, 4) is 0 Å². The number of hydrogen-bond acceptors (Lipinski definition) is 5. The summed E-state index contributed by atoms with van der Waals surface area (Å²) in [4.78, 5) is 8.83. The summed E-state index contributed by atoms with van der Waals surface area (Å²) in [5, 5.41) is 4.08. The molecule has 0 unspecified atom stereocenters. The lowest BCUT2D eigenvalue weighted by Gasteiger charge is -2.26. The Morgan fingerprint density at radius 2 is 1.85 bits per heavy atom. The fourth-order valence-corrected chi connectivity index (χ4v) is 3.53. The highest BCUT2D eigenvalue weighted by molar-refractivity contribution is 7.90. The molecule has 0 fully saturated rings. The van der Waals surface area contributed by atoms with Gasteiger partial charge in [-0.25, -0.2) is 18.4 Å². The molecule has 6 heteroatoms. The average molecular weight is 369 g/mol. The molecule has 0 spiro atoms. The van der Waals surface area contributed by atoms with Crippen LogP contribution in [-0.4, -0.2) is 31.2 Å². The number of benzene rings is 2. The summed E-state index contributed by atoms with van der Waals surface area (Å²) in [6, 6.07) is 13.4. The molecule has 1 aromatic heterocycles. The summed E-state index contributed by atoms with van der Waals surface area (Å²) in [7, 11) is -3.29. The van der Waals surface area contributed by atoms with E-state index in [4.69, 9.17) is 0 Å². The zero-order valence-electron chi connectivity index (χ0n) is 15.4. The predicted octanol–water partition coefficient (Wildman–Crippen LogP) is 3.73. The number of fused-ring (bicyclic) bond motifs is 1. The molecule has 1 heterocycles. The molecule has 0 bridgehead atoms. The van der Waals surface area contributed by atoms with Crippen molar-refractivity contribution in [2.45, 2.75) is 31.1 Å². The van der Waals surface area contributed by atoms with Gasteiger partial charge < -0.3 is 5.32 Å². The number of anilines is 1. The topological polar surface area (TPSA) is 72.0 Å². The van der Waals surface area contributed by atoms with Crippen LogP contribution in [0.25, 0.3) is 10.9 Å². The molecule has 26 heavy (non-hydrogen) atoms. The van der Waals surface area contributed by atoms with Crippen LogP contribution in [0, 0.1) is 6.92 Å². The third-order valence-electron chi connectivity index (χ3n) is 4.53. The number of hydrogen-bond donors (Lipinski definition) is 1. The van der Waals surface area contributed by atoms with Gasteiger partial charge in [-0.05, 0) is 30.7 Å². The number of nitrogens with zero attached hydrogens (tertiary/aromatic N) is 2. The van der Waals surface area contributed by atoms with Gasteiger partial charge in [-0.1, -0.05) is 43.7 Å². The minimum Gasteiger partial charge on any atom is -0.369 e. The molecular weight excluding hydrogens is 346 g/mol. The smallest absolute Gasteiger partial charge is 0.175 e. The molecule has 0 aliphatic carbocycles. The summed E-state index contributed by atoms with van der Waals surface area (Å²) in [5.74, 6) is 0.640. The van der Waals surface area contributed by atoms with Gasteiger partial charge in [0.15, 0.2) is 9.84 Å². The maximum Gasteiger partial charge on any atom is 0.175 e. The SMILES string of the molecule is Cc1cccc(C(C)(C)CNc2ncnc3ccc(S(C)(=O)=O)cc23)c1. The fraction of sp³-hybridized carbons (Fsp3) is 0.300. The first-order valence-electron chi connectivity index (χ1n) is 8.43. The van der Waals surface area contributed by atoms with Crippen molar-refractivity contribution < 1.29 is 8.42 Å². The van der Waals surface area contributed by atoms with E-state index in [0.29, 0.717) is 23.3 Å². The Hall–Kier alpha value is -2.47. The fourth-order valence-electron chi connectivity index (χ4n) is 2.88. The van der Waals surface area contributed by atoms with Gasteiger partial charge in [0, 0.05) is 23.6 Å². The molecule has 2 aromatic carbocycles. The van der Waals surface area contributed by atoms with Crippen LogP contribution < -0.4 is 5.32 Å². The van der Waals surface area contributed by atoms with Crippen molar-refractivity contribution in [2.24, 2.45) is 0 Å². The van der Waals surface area contributed by atoms with Crippen LogP contribution in [0.15, 0.2) is 53.7 Å². The van der Waals surface area contributed by atoms with Crippen molar-refractivity contribution >= 4 is 26.6 Å².